The molecule has 0 unspecified atom stereocenters. The Morgan fingerprint density at radius 1 is 1.30 bits per heavy atom. The lowest BCUT2D eigenvalue weighted by Gasteiger charge is -2.12. The number of carbonyl (C=O) groups is 2. The molecule has 0 saturated heterocycles. The Hall–Kier alpha value is -3.07. The van der Waals surface area contributed by atoms with Crippen LogP contribution in [0.4, 0.5) is 10.5 Å². The van der Waals surface area contributed by atoms with Gasteiger partial charge in [-0.25, -0.2) is 9.48 Å². The molecule has 10 nitrogen and oxygen atoms in total. The topological polar surface area (TPSA) is 138 Å². The predicted molar refractivity (Wildman–Crippen MR) is 126 cm³/mol. The Labute approximate surface area is 203 Å². The van der Waals surface area contributed by atoms with Crippen LogP contribution in [0.25, 0.3) is 0 Å². The van der Waals surface area contributed by atoms with Gasteiger partial charge >= 0.3 is 6.09 Å². The molecule has 0 aliphatic rings. The van der Waals surface area contributed by atoms with E-state index in [1.807, 2.05) is 19.2 Å². The molecular weight excluding hydrogens is 491 g/mol. The van der Waals surface area contributed by atoms with Crippen LogP contribution in [0.3, 0.4) is 0 Å². The van der Waals surface area contributed by atoms with Crippen LogP contribution in [0.2, 0.25) is 10.0 Å². The molecule has 0 spiro atoms. The fourth-order valence-corrected chi connectivity index (χ4v) is 4.05. The number of rotatable bonds is 7. The van der Waals surface area contributed by atoms with Crippen LogP contribution < -0.4 is 16.3 Å². The van der Waals surface area contributed by atoms with Crippen molar-refractivity contribution in [1.82, 2.24) is 15.1 Å². The molecule has 0 bridgehead atoms. The van der Waals surface area contributed by atoms with E-state index in [-0.39, 0.29) is 28.1 Å². The molecule has 2 amide bonds. The van der Waals surface area contributed by atoms with Crippen LogP contribution in [0.1, 0.15) is 32.3 Å². The van der Waals surface area contributed by atoms with Gasteiger partial charge in [0.05, 0.1) is 27.2 Å². The molecule has 0 fully saturated rings. The first-order valence-electron chi connectivity index (χ1n) is 9.54. The van der Waals surface area contributed by atoms with Crippen LogP contribution in [0, 0.1) is 11.3 Å². The molecule has 0 radical (unpaired) electrons. The van der Waals surface area contributed by atoms with E-state index in [0.29, 0.717) is 21.2 Å². The fourth-order valence-electron chi connectivity index (χ4n) is 2.46. The molecular formula is C20H20Cl2N6O4S. The maximum atomic E-state index is 12.2. The number of aryl methyl sites for hydroxylation is 1. The van der Waals surface area contributed by atoms with E-state index in [4.69, 9.17) is 28.5 Å². The summed E-state index contributed by atoms with van der Waals surface area (Å²) in [6, 6.07) is 6.25. The Bertz CT molecular complexity index is 1180. The molecule has 0 aliphatic heterocycles. The predicted octanol–water partition coefficient (Wildman–Crippen LogP) is 3.93. The molecule has 13 heteroatoms. The Balaban J connectivity index is 2.25. The number of anilines is 1. The Morgan fingerprint density at radius 3 is 2.48 bits per heavy atom. The number of benzene rings is 1. The largest absolute Gasteiger partial charge is 0.450 e. The highest BCUT2D eigenvalue weighted by Crippen LogP contribution is 2.40. The van der Waals surface area contributed by atoms with E-state index < -0.39 is 17.7 Å². The third-order valence-electron chi connectivity index (χ3n) is 4.00. The summed E-state index contributed by atoms with van der Waals surface area (Å²) in [5.41, 5.74) is 2.63. The van der Waals surface area contributed by atoms with Gasteiger partial charge in [-0.2, -0.15) is 15.5 Å². The summed E-state index contributed by atoms with van der Waals surface area (Å²) in [4.78, 5) is 36.0. The van der Waals surface area contributed by atoms with E-state index >= 15 is 0 Å². The second-order valence-electron chi connectivity index (χ2n) is 6.75. The number of hydrazone groups is 1. The monoisotopic (exact) mass is 510 g/mol. The fraction of sp³-hybridized carbons (Fsp3) is 0.300. The number of nitrogens with zero attached hydrogens (tertiary/aromatic N) is 4. The van der Waals surface area contributed by atoms with Crippen molar-refractivity contribution in [3.63, 3.8) is 0 Å². The first-order valence-corrected chi connectivity index (χ1v) is 11.1. The number of hydrogen-bond acceptors (Lipinski definition) is 9. The van der Waals surface area contributed by atoms with Crippen molar-refractivity contribution >= 4 is 58.4 Å². The Morgan fingerprint density at radius 2 is 1.94 bits per heavy atom. The number of amides is 2. The van der Waals surface area contributed by atoms with Crippen molar-refractivity contribution in [2.75, 3.05) is 12.0 Å². The van der Waals surface area contributed by atoms with Crippen molar-refractivity contribution in [3.8, 4) is 6.07 Å². The molecule has 0 saturated carbocycles. The number of halogens is 2. The standard InChI is InChI=1S/C20H20Cl2N6O4S/c1-5-32-20(31)24-18(29)15(9-23)26-25-11-6-13(21)17(14(22)7-11)33-16-8-12(10(2)3)19(30)28(4)27-16/h6-8,10,25H,5H2,1-4H3,(H,24,29,31)/b26-15-. The maximum absolute atomic E-state index is 12.2. The van der Waals surface area contributed by atoms with Gasteiger partial charge in [-0.1, -0.05) is 48.8 Å². The normalized spacial score (nSPS) is 11.2. The second kappa shape index (κ2) is 11.7. The summed E-state index contributed by atoms with van der Waals surface area (Å²) >= 11 is 13.9. The smallest absolute Gasteiger partial charge is 0.414 e. The molecule has 2 aromatic rings. The second-order valence-corrected chi connectivity index (χ2v) is 8.60. The van der Waals surface area contributed by atoms with E-state index in [1.165, 1.54) is 28.6 Å². The van der Waals surface area contributed by atoms with Gasteiger partial charge in [0, 0.05) is 12.6 Å². The van der Waals surface area contributed by atoms with Gasteiger partial charge in [0.25, 0.3) is 11.5 Å². The number of nitrogens with one attached hydrogen (secondary N) is 2. The van der Waals surface area contributed by atoms with Crippen molar-refractivity contribution in [3.05, 3.63) is 44.2 Å². The van der Waals surface area contributed by atoms with Crippen LogP contribution in [-0.4, -0.2) is 34.1 Å². The average molecular weight is 511 g/mol. The highest BCUT2D eigenvalue weighted by atomic mass is 35.5. The Kier molecular flexibility index (Phi) is 9.28. The minimum Gasteiger partial charge on any atom is -0.450 e. The number of imide groups is 1. The zero-order valence-corrected chi connectivity index (χ0v) is 20.4. The molecule has 1 aromatic heterocycles. The van der Waals surface area contributed by atoms with Crippen LogP contribution in [-0.2, 0) is 16.6 Å². The summed E-state index contributed by atoms with van der Waals surface area (Å²) < 4.78 is 5.84. The van der Waals surface area contributed by atoms with Crippen molar-refractivity contribution in [2.45, 2.75) is 36.6 Å². The molecule has 2 rings (SSSR count). The number of aromatic nitrogens is 2. The highest BCUT2D eigenvalue weighted by Gasteiger charge is 2.17. The van der Waals surface area contributed by atoms with Gasteiger partial charge in [-0.3, -0.25) is 20.3 Å². The van der Waals surface area contributed by atoms with Crippen molar-refractivity contribution < 1.29 is 14.3 Å². The SMILES string of the molecule is CCOC(=O)NC(=O)/C(C#N)=N\Nc1cc(Cl)c(Sc2cc(C(C)C)c(=O)n(C)n2)c(Cl)c1. The van der Waals surface area contributed by atoms with Gasteiger partial charge in [0.2, 0.25) is 5.71 Å². The van der Waals surface area contributed by atoms with Gasteiger partial charge in [0.1, 0.15) is 11.1 Å². The molecule has 1 aromatic carbocycles. The highest BCUT2D eigenvalue weighted by molar-refractivity contribution is 7.99. The van der Waals surface area contributed by atoms with Crippen LogP contribution in [0.15, 0.2) is 38.0 Å². The number of carbonyl (C=O) groups excluding carboxylic acids is 2. The zero-order valence-electron chi connectivity index (χ0n) is 18.1. The number of alkyl carbamates (subject to hydrolysis) is 1. The minimum atomic E-state index is -1.03. The minimum absolute atomic E-state index is 0.0109. The van der Waals surface area contributed by atoms with E-state index in [0.717, 1.165) is 0 Å². The summed E-state index contributed by atoms with van der Waals surface area (Å²) in [6.07, 6.45) is -0.995. The van der Waals surface area contributed by atoms with Gasteiger partial charge in [0.15, 0.2) is 0 Å². The zero-order chi connectivity index (χ0) is 24.7. The van der Waals surface area contributed by atoms with E-state index in [2.05, 4.69) is 20.4 Å². The van der Waals surface area contributed by atoms with Crippen molar-refractivity contribution in [1.29, 1.82) is 5.26 Å². The number of ether oxygens (including phenoxy) is 1. The third-order valence-corrected chi connectivity index (χ3v) is 5.88. The first kappa shape index (κ1) is 26.2. The van der Waals surface area contributed by atoms with Gasteiger partial charge in [-0.05, 0) is 31.0 Å². The first-order chi connectivity index (χ1) is 15.6. The quantitative estimate of drug-likeness (QED) is 0.421. The lowest BCUT2D eigenvalue weighted by Crippen LogP contribution is -2.36. The van der Waals surface area contributed by atoms with Crippen LogP contribution in [0.5, 0.6) is 0 Å². The molecule has 0 atom stereocenters. The average Bonchev–Trinajstić information content (AvgIpc) is 2.73. The summed E-state index contributed by atoms with van der Waals surface area (Å²) in [5, 5.41) is 19.9. The van der Waals surface area contributed by atoms with Crippen LogP contribution >= 0.6 is 35.0 Å². The summed E-state index contributed by atoms with van der Waals surface area (Å²) in [7, 11) is 1.57. The van der Waals surface area contributed by atoms with Crippen molar-refractivity contribution in [2.24, 2.45) is 12.1 Å². The summed E-state index contributed by atoms with van der Waals surface area (Å²) in [6.45, 7) is 5.45. The molecule has 33 heavy (non-hydrogen) atoms. The molecule has 0 aliphatic carbocycles. The molecule has 2 N–H and O–H groups in total. The van der Waals surface area contributed by atoms with E-state index in [9.17, 15) is 14.4 Å². The number of hydrogen-bond donors (Lipinski definition) is 2. The summed E-state index contributed by atoms with van der Waals surface area (Å²) in [5.74, 6) is -1.02. The van der Waals surface area contributed by atoms with E-state index in [1.54, 1.807) is 26.1 Å². The van der Waals surface area contributed by atoms with Gasteiger partial charge in [-0.15, -0.1) is 0 Å². The molecule has 1 heterocycles. The third kappa shape index (κ3) is 6.95. The maximum Gasteiger partial charge on any atom is 0.414 e. The molecule has 174 valence electrons. The lowest BCUT2D eigenvalue weighted by molar-refractivity contribution is -0.114. The lowest BCUT2D eigenvalue weighted by atomic mass is 10.1. The van der Waals surface area contributed by atoms with Gasteiger partial charge < -0.3 is 4.74 Å². The number of nitriles is 1.